The Bertz CT molecular complexity index is 814. The quantitative estimate of drug-likeness (QED) is 0.908. The molecule has 3 rings (SSSR count). The number of hydrogen-bond acceptors (Lipinski definition) is 3. The van der Waals surface area contributed by atoms with Crippen LogP contribution in [0.3, 0.4) is 0 Å². The van der Waals surface area contributed by atoms with Crippen molar-refractivity contribution in [2.24, 2.45) is 13.0 Å². The van der Waals surface area contributed by atoms with Gasteiger partial charge >= 0.3 is 5.97 Å². The number of aryl methyl sites for hydroxylation is 1. The third-order valence-corrected chi connectivity index (χ3v) is 5.21. The van der Waals surface area contributed by atoms with Crippen molar-refractivity contribution in [3.05, 3.63) is 51.8 Å². The van der Waals surface area contributed by atoms with Crippen LogP contribution in [0.5, 0.6) is 0 Å². The average Bonchev–Trinajstić information content (AvgIpc) is 3.15. The number of carboxylic acids is 1. The van der Waals surface area contributed by atoms with E-state index >= 15 is 0 Å². The predicted octanol–water partition coefficient (Wildman–Crippen LogP) is 2.78. The van der Waals surface area contributed by atoms with E-state index in [9.17, 15) is 9.59 Å². The first kappa shape index (κ1) is 17.5. The third kappa shape index (κ3) is 3.54. The Labute approximate surface area is 151 Å². The molecule has 2 heterocycles. The van der Waals surface area contributed by atoms with Crippen LogP contribution in [-0.2, 0) is 13.5 Å². The number of halogens is 1. The van der Waals surface area contributed by atoms with Crippen molar-refractivity contribution in [1.82, 2.24) is 14.7 Å². The molecule has 132 valence electrons. The summed E-state index contributed by atoms with van der Waals surface area (Å²) in [7, 11) is 1.77. The van der Waals surface area contributed by atoms with E-state index in [0.717, 1.165) is 24.1 Å². The number of likely N-dealkylation sites (tertiary alicyclic amines) is 1. The van der Waals surface area contributed by atoms with E-state index in [4.69, 9.17) is 16.7 Å². The summed E-state index contributed by atoms with van der Waals surface area (Å²) in [6, 6.07) is 6.91. The van der Waals surface area contributed by atoms with Gasteiger partial charge in [-0.3, -0.25) is 9.48 Å². The Hall–Kier alpha value is -2.34. The Balaban J connectivity index is 1.64. The molecule has 1 aliphatic heterocycles. The molecule has 0 spiro atoms. The summed E-state index contributed by atoms with van der Waals surface area (Å²) in [6.07, 6.45) is 1.73. The second-order valence-electron chi connectivity index (χ2n) is 6.48. The van der Waals surface area contributed by atoms with Crippen LogP contribution in [0.2, 0.25) is 5.02 Å². The van der Waals surface area contributed by atoms with Crippen molar-refractivity contribution >= 4 is 23.5 Å². The molecule has 7 heteroatoms. The van der Waals surface area contributed by atoms with Crippen LogP contribution < -0.4 is 0 Å². The lowest BCUT2D eigenvalue weighted by Gasteiger charge is -2.15. The molecule has 1 aromatic carbocycles. The van der Waals surface area contributed by atoms with Gasteiger partial charge in [-0.2, -0.15) is 5.10 Å². The van der Waals surface area contributed by atoms with E-state index < -0.39 is 5.97 Å². The second-order valence-corrected chi connectivity index (χ2v) is 6.86. The molecule has 1 saturated heterocycles. The van der Waals surface area contributed by atoms with Gasteiger partial charge in [0.2, 0.25) is 0 Å². The van der Waals surface area contributed by atoms with Gasteiger partial charge in [-0.15, -0.1) is 0 Å². The van der Waals surface area contributed by atoms with E-state index in [2.05, 4.69) is 5.10 Å². The summed E-state index contributed by atoms with van der Waals surface area (Å²) in [6.45, 7) is 3.17. The fraction of sp³-hybridized carbons (Fsp3) is 0.389. The predicted molar refractivity (Wildman–Crippen MR) is 94.1 cm³/mol. The molecule has 1 unspecified atom stereocenters. The van der Waals surface area contributed by atoms with Crippen LogP contribution >= 0.6 is 11.6 Å². The highest BCUT2D eigenvalue weighted by atomic mass is 35.5. The zero-order valence-electron chi connectivity index (χ0n) is 14.2. The van der Waals surface area contributed by atoms with Crippen molar-refractivity contribution < 1.29 is 14.7 Å². The zero-order chi connectivity index (χ0) is 18.1. The fourth-order valence-electron chi connectivity index (χ4n) is 3.17. The molecule has 1 fully saturated rings. The van der Waals surface area contributed by atoms with Crippen LogP contribution in [0.25, 0.3) is 0 Å². The molecule has 0 bridgehead atoms. The topological polar surface area (TPSA) is 75.4 Å². The van der Waals surface area contributed by atoms with Gasteiger partial charge in [0.25, 0.3) is 5.91 Å². The van der Waals surface area contributed by atoms with Crippen molar-refractivity contribution in [1.29, 1.82) is 0 Å². The molecule has 1 aliphatic rings. The third-order valence-electron chi connectivity index (χ3n) is 4.76. The van der Waals surface area contributed by atoms with Crippen molar-refractivity contribution in [3.8, 4) is 0 Å². The minimum atomic E-state index is -0.924. The highest BCUT2D eigenvalue weighted by molar-refractivity contribution is 6.34. The Kier molecular flexibility index (Phi) is 4.81. The van der Waals surface area contributed by atoms with Gasteiger partial charge < -0.3 is 10.0 Å². The smallest absolute Gasteiger partial charge is 0.335 e. The lowest BCUT2D eigenvalue weighted by atomic mass is 9.98. The molecule has 0 radical (unpaired) electrons. The second kappa shape index (κ2) is 6.88. The number of hydrogen-bond donors (Lipinski definition) is 1. The van der Waals surface area contributed by atoms with Gasteiger partial charge in [-0.25, -0.2) is 4.79 Å². The first-order valence-corrected chi connectivity index (χ1v) is 8.55. The van der Waals surface area contributed by atoms with E-state index in [1.54, 1.807) is 28.8 Å². The van der Waals surface area contributed by atoms with Gasteiger partial charge in [0.05, 0.1) is 16.3 Å². The van der Waals surface area contributed by atoms with Crippen LogP contribution in [0, 0.1) is 12.8 Å². The summed E-state index contributed by atoms with van der Waals surface area (Å²) in [5, 5.41) is 13.6. The maximum absolute atomic E-state index is 12.7. The molecule has 6 nitrogen and oxygen atoms in total. The minimum absolute atomic E-state index is 0.127. The highest BCUT2D eigenvalue weighted by Crippen LogP contribution is 2.26. The van der Waals surface area contributed by atoms with Crippen LogP contribution in [0.15, 0.2) is 24.3 Å². The van der Waals surface area contributed by atoms with E-state index in [-0.39, 0.29) is 11.5 Å². The molecular formula is C18H20ClN3O3. The molecule has 2 aromatic rings. The average molecular weight is 362 g/mol. The Morgan fingerprint density at radius 1 is 1.32 bits per heavy atom. The molecule has 0 aliphatic carbocycles. The minimum Gasteiger partial charge on any atom is -0.478 e. The van der Waals surface area contributed by atoms with Crippen LogP contribution in [-0.4, -0.2) is 44.8 Å². The van der Waals surface area contributed by atoms with Crippen molar-refractivity contribution in [2.75, 3.05) is 13.1 Å². The van der Waals surface area contributed by atoms with E-state index in [0.29, 0.717) is 29.7 Å². The van der Waals surface area contributed by atoms with Gasteiger partial charge in [0, 0.05) is 20.1 Å². The number of nitrogens with zero attached hydrogens (tertiary/aromatic N) is 3. The number of carbonyl (C=O) groups is 2. The number of rotatable bonds is 4. The number of aromatic carboxylic acids is 1. The molecule has 25 heavy (non-hydrogen) atoms. The number of amides is 1. The summed E-state index contributed by atoms with van der Waals surface area (Å²) in [5.41, 5.74) is 2.45. The molecule has 1 atom stereocenters. The van der Waals surface area contributed by atoms with Gasteiger partial charge in [-0.05, 0) is 43.4 Å². The van der Waals surface area contributed by atoms with Gasteiger partial charge in [0.15, 0.2) is 5.69 Å². The summed E-state index contributed by atoms with van der Waals surface area (Å²) in [5.74, 6) is -0.702. The summed E-state index contributed by atoms with van der Waals surface area (Å²) >= 11 is 6.22. The maximum atomic E-state index is 12.7. The molecule has 0 saturated carbocycles. The normalized spacial score (nSPS) is 17.1. The summed E-state index contributed by atoms with van der Waals surface area (Å²) in [4.78, 5) is 25.3. The first-order valence-electron chi connectivity index (χ1n) is 8.17. The van der Waals surface area contributed by atoms with Crippen LogP contribution in [0.4, 0.5) is 0 Å². The van der Waals surface area contributed by atoms with E-state index in [1.165, 1.54) is 0 Å². The van der Waals surface area contributed by atoms with E-state index in [1.807, 2.05) is 19.1 Å². The largest absolute Gasteiger partial charge is 0.478 e. The number of benzene rings is 1. The Morgan fingerprint density at radius 3 is 2.56 bits per heavy atom. The van der Waals surface area contributed by atoms with Crippen molar-refractivity contribution in [3.63, 3.8) is 0 Å². The number of aromatic nitrogens is 2. The molecular weight excluding hydrogens is 342 g/mol. The summed E-state index contributed by atoms with van der Waals surface area (Å²) < 4.78 is 1.62. The first-order chi connectivity index (χ1) is 11.9. The standard InChI is InChI=1S/C18H20ClN3O3/c1-11-15(19)16(20-21(11)2)17(23)22-8-7-13(10-22)9-12-3-5-14(6-4-12)18(24)25/h3-6,13H,7-10H2,1-2H3,(H,24,25). The molecule has 1 N–H and O–H groups in total. The van der Waals surface area contributed by atoms with Crippen molar-refractivity contribution in [2.45, 2.75) is 19.8 Å². The monoisotopic (exact) mass is 361 g/mol. The fourth-order valence-corrected chi connectivity index (χ4v) is 3.41. The van der Waals surface area contributed by atoms with Gasteiger partial charge in [0.1, 0.15) is 0 Å². The molecule has 1 amide bonds. The molecule has 1 aromatic heterocycles. The van der Waals surface area contributed by atoms with Crippen LogP contribution in [0.1, 0.15) is 38.5 Å². The number of carbonyl (C=O) groups excluding carboxylic acids is 1. The lowest BCUT2D eigenvalue weighted by Crippen LogP contribution is -2.29. The SMILES string of the molecule is Cc1c(Cl)c(C(=O)N2CCC(Cc3ccc(C(=O)O)cc3)C2)nn1C. The number of carboxylic acid groups (broad SMARTS) is 1. The maximum Gasteiger partial charge on any atom is 0.335 e. The Morgan fingerprint density at radius 2 is 2.00 bits per heavy atom. The zero-order valence-corrected chi connectivity index (χ0v) is 15.0. The highest BCUT2D eigenvalue weighted by Gasteiger charge is 2.30. The van der Waals surface area contributed by atoms with Gasteiger partial charge in [-0.1, -0.05) is 23.7 Å². The lowest BCUT2D eigenvalue weighted by molar-refractivity contribution is 0.0696.